The standard InChI is InChI=1S/C15H21ClN2O2/c1-10(17)7-12-13(16)3-2-4-14(12)20-9-15(19)18-8-11-5-6-11/h2-4,10-11H,5-9,17H2,1H3,(H,18,19). The van der Waals surface area contributed by atoms with Crippen molar-refractivity contribution in [2.24, 2.45) is 11.7 Å². The van der Waals surface area contributed by atoms with E-state index in [0.717, 1.165) is 12.1 Å². The van der Waals surface area contributed by atoms with Gasteiger partial charge in [-0.1, -0.05) is 17.7 Å². The summed E-state index contributed by atoms with van der Waals surface area (Å²) in [6, 6.07) is 5.42. The van der Waals surface area contributed by atoms with Crippen molar-refractivity contribution in [1.82, 2.24) is 5.32 Å². The van der Waals surface area contributed by atoms with Crippen molar-refractivity contribution in [3.05, 3.63) is 28.8 Å². The predicted octanol–water partition coefficient (Wildman–Crippen LogP) is 2.13. The lowest BCUT2D eigenvalue weighted by Gasteiger charge is -2.14. The van der Waals surface area contributed by atoms with Crippen LogP contribution in [0.4, 0.5) is 0 Å². The van der Waals surface area contributed by atoms with Crippen LogP contribution >= 0.6 is 11.6 Å². The molecule has 1 atom stereocenters. The minimum atomic E-state index is -0.0939. The summed E-state index contributed by atoms with van der Waals surface area (Å²) < 4.78 is 5.58. The molecule has 0 aromatic heterocycles. The first-order valence-corrected chi connectivity index (χ1v) is 7.36. The van der Waals surface area contributed by atoms with Crippen LogP contribution in [0.3, 0.4) is 0 Å². The van der Waals surface area contributed by atoms with Crippen LogP contribution in [0.15, 0.2) is 18.2 Å². The van der Waals surface area contributed by atoms with E-state index in [9.17, 15) is 4.79 Å². The van der Waals surface area contributed by atoms with Crippen LogP contribution in [0.1, 0.15) is 25.3 Å². The zero-order chi connectivity index (χ0) is 14.5. The van der Waals surface area contributed by atoms with Gasteiger partial charge in [0.25, 0.3) is 5.91 Å². The van der Waals surface area contributed by atoms with E-state index in [4.69, 9.17) is 22.1 Å². The molecular weight excluding hydrogens is 276 g/mol. The molecule has 0 radical (unpaired) electrons. The second kappa shape index (κ2) is 6.95. The number of hydrogen-bond acceptors (Lipinski definition) is 3. The van der Waals surface area contributed by atoms with Gasteiger partial charge in [-0.25, -0.2) is 0 Å². The molecule has 2 rings (SSSR count). The van der Waals surface area contributed by atoms with Gasteiger partial charge < -0.3 is 15.8 Å². The maximum atomic E-state index is 11.7. The number of ether oxygens (including phenoxy) is 1. The summed E-state index contributed by atoms with van der Waals surface area (Å²) in [6.45, 7) is 2.68. The average molecular weight is 297 g/mol. The highest BCUT2D eigenvalue weighted by molar-refractivity contribution is 6.31. The van der Waals surface area contributed by atoms with Gasteiger partial charge in [0.15, 0.2) is 6.61 Å². The van der Waals surface area contributed by atoms with Gasteiger partial charge in [-0.05, 0) is 44.2 Å². The molecule has 1 saturated carbocycles. The van der Waals surface area contributed by atoms with Crippen molar-refractivity contribution < 1.29 is 9.53 Å². The lowest BCUT2D eigenvalue weighted by atomic mass is 10.1. The van der Waals surface area contributed by atoms with Crippen LogP contribution < -0.4 is 15.8 Å². The third-order valence-electron chi connectivity index (χ3n) is 3.25. The Morgan fingerprint density at radius 1 is 1.55 bits per heavy atom. The molecule has 0 heterocycles. The largest absolute Gasteiger partial charge is 0.483 e. The molecule has 1 fully saturated rings. The summed E-state index contributed by atoms with van der Waals surface area (Å²) >= 11 is 6.16. The molecule has 1 aromatic carbocycles. The molecule has 1 amide bonds. The fourth-order valence-corrected chi connectivity index (χ4v) is 2.21. The zero-order valence-electron chi connectivity index (χ0n) is 11.7. The number of carbonyl (C=O) groups is 1. The second-order valence-corrected chi connectivity index (χ2v) is 5.84. The Bertz CT molecular complexity index is 473. The highest BCUT2D eigenvalue weighted by Gasteiger charge is 2.21. The van der Waals surface area contributed by atoms with Gasteiger partial charge in [0.05, 0.1) is 0 Å². The maximum Gasteiger partial charge on any atom is 0.257 e. The van der Waals surface area contributed by atoms with Crippen LogP contribution in [-0.4, -0.2) is 25.1 Å². The lowest BCUT2D eigenvalue weighted by Crippen LogP contribution is -2.30. The summed E-state index contributed by atoms with van der Waals surface area (Å²) in [6.07, 6.45) is 3.06. The van der Waals surface area contributed by atoms with Crippen molar-refractivity contribution in [2.75, 3.05) is 13.2 Å². The van der Waals surface area contributed by atoms with Crippen LogP contribution in [0.5, 0.6) is 5.75 Å². The van der Waals surface area contributed by atoms with Gasteiger partial charge in [-0.2, -0.15) is 0 Å². The smallest absolute Gasteiger partial charge is 0.257 e. The molecular formula is C15H21ClN2O2. The first kappa shape index (κ1) is 15.1. The number of carbonyl (C=O) groups excluding carboxylic acids is 1. The van der Waals surface area contributed by atoms with E-state index in [-0.39, 0.29) is 18.6 Å². The Labute approximate surface area is 124 Å². The van der Waals surface area contributed by atoms with Crippen molar-refractivity contribution in [2.45, 2.75) is 32.2 Å². The number of amides is 1. The van der Waals surface area contributed by atoms with E-state index in [0.29, 0.717) is 23.1 Å². The number of halogens is 1. The van der Waals surface area contributed by atoms with Gasteiger partial charge in [0.1, 0.15) is 5.75 Å². The van der Waals surface area contributed by atoms with E-state index in [1.807, 2.05) is 19.1 Å². The Hall–Kier alpha value is -1.26. The van der Waals surface area contributed by atoms with E-state index < -0.39 is 0 Å². The summed E-state index contributed by atoms with van der Waals surface area (Å²) in [5, 5.41) is 3.49. The van der Waals surface area contributed by atoms with E-state index in [1.165, 1.54) is 12.8 Å². The molecule has 0 aliphatic heterocycles. The third kappa shape index (κ3) is 4.69. The number of benzene rings is 1. The first-order chi connectivity index (χ1) is 9.56. The molecule has 0 bridgehead atoms. The van der Waals surface area contributed by atoms with Crippen LogP contribution in [0.25, 0.3) is 0 Å². The van der Waals surface area contributed by atoms with Gasteiger partial charge in [0, 0.05) is 23.2 Å². The summed E-state index contributed by atoms with van der Waals surface area (Å²) in [5.74, 6) is 1.21. The second-order valence-electron chi connectivity index (χ2n) is 5.43. The SMILES string of the molecule is CC(N)Cc1c(Cl)cccc1OCC(=O)NCC1CC1. The molecule has 3 N–H and O–H groups in total. The van der Waals surface area contributed by atoms with Gasteiger partial charge in [-0.3, -0.25) is 4.79 Å². The number of nitrogens with one attached hydrogen (secondary N) is 1. The monoisotopic (exact) mass is 296 g/mol. The molecule has 1 unspecified atom stereocenters. The maximum absolute atomic E-state index is 11.7. The number of rotatable bonds is 7. The summed E-state index contributed by atoms with van der Waals surface area (Å²) in [5.41, 5.74) is 6.67. The first-order valence-electron chi connectivity index (χ1n) is 6.98. The molecule has 1 aliphatic rings. The van der Waals surface area contributed by atoms with Gasteiger partial charge in [0.2, 0.25) is 0 Å². The molecule has 20 heavy (non-hydrogen) atoms. The molecule has 1 aromatic rings. The average Bonchev–Trinajstić information content (AvgIpc) is 3.21. The highest BCUT2D eigenvalue weighted by atomic mass is 35.5. The lowest BCUT2D eigenvalue weighted by molar-refractivity contribution is -0.123. The fourth-order valence-electron chi connectivity index (χ4n) is 1.97. The van der Waals surface area contributed by atoms with Crippen molar-refractivity contribution in [3.8, 4) is 5.75 Å². The molecule has 1 aliphatic carbocycles. The van der Waals surface area contributed by atoms with E-state index in [2.05, 4.69) is 5.32 Å². The fraction of sp³-hybridized carbons (Fsp3) is 0.533. The Morgan fingerprint density at radius 3 is 2.95 bits per heavy atom. The Kier molecular flexibility index (Phi) is 5.26. The molecule has 5 heteroatoms. The Balaban J connectivity index is 1.90. The number of hydrogen-bond donors (Lipinski definition) is 2. The van der Waals surface area contributed by atoms with Crippen molar-refractivity contribution >= 4 is 17.5 Å². The molecule has 0 spiro atoms. The minimum absolute atomic E-state index is 0.0129. The van der Waals surface area contributed by atoms with Crippen molar-refractivity contribution in [1.29, 1.82) is 0 Å². The molecule has 4 nitrogen and oxygen atoms in total. The topological polar surface area (TPSA) is 64.3 Å². The van der Waals surface area contributed by atoms with Gasteiger partial charge >= 0.3 is 0 Å². The van der Waals surface area contributed by atoms with E-state index in [1.54, 1.807) is 6.07 Å². The quantitative estimate of drug-likeness (QED) is 0.810. The molecule has 110 valence electrons. The van der Waals surface area contributed by atoms with Crippen LogP contribution in [0.2, 0.25) is 5.02 Å². The van der Waals surface area contributed by atoms with Crippen molar-refractivity contribution in [3.63, 3.8) is 0 Å². The summed E-state index contributed by atoms with van der Waals surface area (Å²) in [4.78, 5) is 11.7. The highest BCUT2D eigenvalue weighted by Crippen LogP contribution is 2.28. The summed E-state index contributed by atoms with van der Waals surface area (Å²) in [7, 11) is 0. The normalized spacial score (nSPS) is 15.8. The zero-order valence-corrected chi connectivity index (χ0v) is 12.5. The van der Waals surface area contributed by atoms with Crippen LogP contribution in [-0.2, 0) is 11.2 Å². The van der Waals surface area contributed by atoms with E-state index >= 15 is 0 Å². The minimum Gasteiger partial charge on any atom is -0.483 e. The predicted molar refractivity (Wildman–Crippen MR) is 80.0 cm³/mol. The Morgan fingerprint density at radius 2 is 2.30 bits per heavy atom. The van der Waals surface area contributed by atoms with Gasteiger partial charge in [-0.15, -0.1) is 0 Å². The molecule has 0 saturated heterocycles. The number of nitrogens with two attached hydrogens (primary N) is 1. The van der Waals surface area contributed by atoms with Crippen LogP contribution in [0, 0.1) is 5.92 Å². The third-order valence-corrected chi connectivity index (χ3v) is 3.60.